The third-order valence-corrected chi connectivity index (χ3v) is 9.58. The minimum atomic E-state index is -1.40. The van der Waals surface area contributed by atoms with Gasteiger partial charge in [0.2, 0.25) is 5.91 Å². The molecule has 0 aliphatic carbocycles. The van der Waals surface area contributed by atoms with Crippen molar-refractivity contribution in [3.05, 3.63) is 0 Å². The molecule has 0 aromatic heterocycles. The average molecular weight is 703 g/mol. The van der Waals surface area contributed by atoms with E-state index in [1.807, 2.05) is 0 Å². The van der Waals surface area contributed by atoms with Gasteiger partial charge in [0.05, 0.1) is 25.3 Å². The van der Waals surface area contributed by atoms with E-state index in [0.29, 0.717) is 57.5 Å². The molecule has 1 rings (SSSR count). The summed E-state index contributed by atoms with van der Waals surface area (Å²) in [6.07, 6.45) is -2.96. The number of carboxylic acid groups (broad SMARTS) is 1. The highest BCUT2D eigenvalue weighted by molar-refractivity contribution is 8.00. The lowest BCUT2D eigenvalue weighted by Crippen LogP contribution is -2.57. The topological polar surface area (TPSA) is 240 Å². The number of nitrogens with one attached hydrogen (secondary N) is 4. The van der Waals surface area contributed by atoms with Crippen LogP contribution in [0.1, 0.15) is 19.3 Å². The first-order valence-corrected chi connectivity index (χ1v) is 18.7. The molecule has 264 valence electrons. The summed E-state index contributed by atoms with van der Waals surface area (Å²) in [5, 5.41) is 59.8. The summed E-state index contributed by atoms with van der Waals surface area (Å²) in [6.45, 7) is 5.76. The summed E-state index contributed by atoms with van der Waals surface area (Å²) in [6, 6.07) is 0. The normalized spacial score (nSPS) is 22.0. The Bertz CT molecular complexity index is 807. The minimum Gasteiger partial charge on any atom is -0.481 e. The highest BCUT2D eigenvalue weighted by Gasteiger charge is 2.43. The van der Waals surface area contributed by atoms with E-state index < -0.39 is 42.4 Å². The second-order valence-electron chi connectivity index (χ2n) is 10.1. The number of hydrogen-bond donors (Lipinski definition) is 10. The molecule has 0 aromatic carbocycles. The molecule has 0 radical (unpaired) electrons. The molecule has 0 saturated carbocycles. The maximum Gasteiger partial charge on any atom is 0.304 e. The Hall–Kier alpha value is -0.900. The van der Waals surface area contributed by atoms with Crippen molar-refractivity contribution < 1.29 is 44.6 Å². The number of aliphatic hydroxyl groups is 4. The number of aliphatic imine (C=N–C) groups is 1. The van der Waals surface area contributed by atoms with E-state index in [4.69, 9.17) is 20.3 Å². The predicted molar refractivity (Wildman–Crippen MR) is 181 cm³/mol. The number of amidine groups is 1. The number of aliphatic carboxylic acids is 1. The molecule has 18 heteroatoms. The summed E-state index contributed by atoms with van der Waals surface area (Å²) >= 11 is 4.73. The quantitative estimate of drug-likeness (QED) is 0.0220. The summed E-state index contributed by atoms with van der Waals surface area (Å²) in [5.41, 5.74) is 5.12. The van der Waals surface area contributed by atoms with Gasteiger partial charge in [0.25, 0.3) is 0 Å². The molecule has 11 N–H and O–H groups in total. The summed E-state index contributed by atoms with van der Waals surface area (Å²) in [7, 11) is 0. The standard InChI is InChI=1S/C27H54N6O9S3/c28-21(19-45-27-26(40)25(39)24(38)20(18-34)42-27)32-9-15-43-13-1-11-41-12-2-14-44-16-10-33-22(35)17-31-8-7-30-6-5-29-4-3-23(36)37/h20,24-27,29-31,34,38-40H,1-19H2,(H2,28,32)(H,33,35)(H,36,37)/t20-,24-,25+,26+,27?/m1/s1. The molecule has 1 aliphatic rings. The van der Waals surface area contributed by atoms with Crippen LogP contribution in [0.3, 0.4) is 0 Å². The molecular weight excluding hydrogens is 649 g/mol. The van der Waals surface area contributed by atoms with Crippen LogP contribution in [0.4, 0.5) is 0 Å². The minimum absolute atomic E-state index is 0.0201. The van der Waals surface area contributed by atoms with Gasteiger partial charge in [-0.2, -0.15) is 23.5 Å². The Morgan fingerprint density at radius 1 is 0.844 bits per heavy atom. The van der Waals surface area contributed by atoms with Gasteiger partial charge < -0.3 is 62.0 Å². The third kappa shape index (κ3) is 22.3. The van der Waals surface area contributed by atoms with Crippen molar-refractivity contribution in [2.45, 2.75) is 49.1 Å². The molecule has 0 aromatic rings. The van der Waals surface area contributed by atoms with Crippen LogP contribution in [-0.2, 0) is 19.1 Å². The van der Waals surface area contributed by atoms with Crippen molar-refractivity contribution in [2.24, 2.45) is 10.7 Å². The van der Waals surface area contributed by atoms with Gasteiger partial charge in [-0.3, -0.25) is 14.6 Å². The number of carboxylic acids is 1. The van der Waals surface area contributed by atoms with Crippen molar-refractivity contribution >= 4 is 53.0 Å². The Labute approximate surface area is 279 Å². The lowest BCUT2D eigenvalue weighted by atomic mass is 10.0. The van der Waals surface area contributed by atoms with E-state index in [1.165, 1.54) is 11.8 Å². The fourth-order valence-electron chi connectivity index (χ4n) is 3.83. The first kappa shape index (κ1) is 42.1. The second kappa shape index (κ2) is 28.1. The number of rotatable bonds is 29. The van der Waals surface area contributed by atoms with E-state index in [1.54, 1.807) is 23.5 Å². The maximum atomic E-state index is 11.9. The van der Waals surface area contributed by atoms with E-state index in [0.717, 1.165) is 48.9 Å². The Balaban J connectivity index is 1.84. The van der Waals surface area contributed by atoms with E-state index in [2.05, 4.69) is 26.3 Å². The molecule has 0 spiro atoms. The molecule has 15 nitrogen and oxygen atoms in total. The number of ether oxygens (including phenoxy) is 2. The molecule has 1 fully saturated rings. The number of nitrogens with zero attached hydrogens (tertiary/aromatic N) is 1. The molecular formula is C27H54N6O9S3. The van der Waals surface area contributed by atoms with Gasteiger partial charge in [0, 0.05) is 70.5 Å². The van der Waals surface area contributed by atoms with Crippen LogP contribution in [0.5, 0.6) is 0 Å². The van der Waals surface area contributed by atoms with Gasteiger partial charge in [0.15, 0.2) is 0 Å². The highest BCUT2D eigenvalue weighted by atomic mass is 32.2. The van der Waals surface area contributed by atoms with E-state index >= 15 is 0 Å². The van der Waals surface area contributed by atoms with Crippen molar-refractivity contribution in [2.75, 3.05) is 101 Å². The van der Waals surface area contributed by atoms with Gasteiger partial charge in [-0.05, 0) is 24.3 Å². The van der Waals surface area contributed by atoms with Gasteiger partial charge in [-0.15, -0.1) is 11.8 Å². The molecule has 1 heterocycles. The third-order valence-electron chi connectivity index (χ3n) is 6.28. The van der Waals surface area contributed by atoms with Crippen LogP contribution in [0.25, 0.3) is 0 Å². The number of amides is 1. The van der Waals surface area contributed by atoms with Crippen LogP contribution < -0.4 is 27.0 Å². The van der Waals surface area contributed by atoms with Gasteiger partial charge in [0.1, 0.15) is 35.7 Å². The van der Waals surface area contributed by atoms with Gasteiger partial charge in [-0.1, -0.05) is 0 Å². The average Bonchev–Trinajstić information content (AvgIpc) is 3.02. The Morgan fingerprint density at radius 2 is 1.49 bits per heavy atom. The number of thioether (sulfide) groups is 3. The number of carbonyl (C=O) groups is 2. The van der Waals surface area contributed by atoms with Crippen LogP contribution in [0, 0.1) is 0 Å². The number of carbonyl (C=O) groups excluding carboxylic acids is 1. The zero-order valence-corrected chi connectivity index (χ0v) is 28.4. The number of hydrogen-bond acceptors (Lipinski definition) is 15. The lowest BCUT2D eigenvalue weighted by Gasteiger charge is -2.39. The van der Waals surface area contributed by atoms with Gasteiger partial charge in [-0.25, -0.2) is 0 Å². The molecule has 5 atom stereocenters. The SMILES string of the molecule is NC(CSC1O[C@H](CO)[C@@H](O)[C@H](O)[C@@H]1O)=NCCSCCCOCCCSCCNC(=O)CNCCNCCNCCC(=O)O. The van der Waals surface area contributed by atoms with Crippen LogP contribution in [-0.4, -0.2) is 174 Å². The maximum absolute atomic E-state index is 11.9. The van der Waals surface area contributed by atoms with E-state index in [-0.39, 0.29) is 18.9 Å². The molecule has 45 heavy (non-hydrogen) atoms. The van der Waals surface area contributed by atoms with Crippen LogP contribution in [0.15, 0.2) is 4.99 Å². The summed E-state index contributed by atoms with van der Waals surface area (Å²) in [4.78, 5) is 26.6. The van der Waals surface area contributed by atoms with Crippen molar-refractivity contribution in [1.29, 1.82) is 0 Å². The zero-order chi connectivity index (χ0) is 33.1. The molecule has 1 aliphatic heterocycles. The van der Waals surface area contributed by atoms with Crippen molar-refractivity contribution in [1.82, 2.24) is 21.3 Å². The lowest BCUT2D eigenvalue weighted by molar-refractivity contribution is -0.205. The van der Waals surface area contributed by atoms with Gasteiger partial charge >= 0.3 is 5.97 Å². The first-order valence-electron chi connectivity index (χ1n) is 15.3. The fourth-order valence-corrected chi connectivity index (χ4v) is 6.36. The highest BCUT2D eigenvalue weighted by Crippen LogP contribution is 2.28. The zero-order valence-electron chi connectivity index (χ0n) is 25.9. The summed E-state index contributed by atoms with van der Waals surface area (Å²) < 4.78 is 11.1. The number of nitrogens with two attached hydrogens (primary N) is 1. The Kier molecular flexibility index (Phi) is 26.3. The molecule has 0 bridgehead atoms. The first-order chi connectivity index (χ1) is 21.8. The second-order valence-corrected chi connectivity index (χ2v) is 13.6. The van der Waals surface area contributed by atoms with Crippen molar-refractivity contribution in [3.63, 3.8) is 0 Å². The molecule has 1 saturated heterocycles. The fraction of sp³-hybridized carbons (Fsp3) is 0.889. The molecule has 1 amide bonds. The number of aliphatic hydroxyl groups excluding tert-OH is 4. The van der Waals surface area contributed by atoms with Crippen LogP contribution in [0.2, 0.25) is 0 Å². The monoisotopic (exact) mass is 702 g/mol. The van der Waals surface area contributed by atoms with Crippen molar-refractivity contribution in [3.8, 4) is 0 Å². The van der Waals surface area contributed by atoms with E-state index in [9.17, 15) is 30.0 Å². The van der Waals surface area contributed by atoms with Crippen LogP contribution >= 0.6 is 35.3 Å². The summed E-state index contributed by atoms with van der Waals surface area (Å²) in [5.74, 6) is 3.49. The largest absolute Gasteiger partial charge is 0.481 e. The Morgan fingerprint density at radius 3 is 2.16 bits per heavy atom. The molecule has 1 unspecified atom stereocenters. The smallest absolute Gasteiger partial charge is 0.304 e. The predicted octanol–water partition coefficient (Wildman–Crippen LogP) is -2.50.